The molecule has 8 aromatic carbocycles. The van der Waals surface area contributed by atoms with Crippen LogP contribution >= 0.6 is 0 Å². The standard InChI is InChI=1S/C51H36N4Si/c1-5-18-37(19-6-1)49-52-50(38-20-7-2-8-21-38)54-51(53-49)39-32-34-43(35-33-39)56(41-23-9-3-10-24-41,42-25-11-4-12-26-42)44-27-17-22-40(36-44)55-47-30-15-13-28-45(47)46-29-14-16-31-48(46)55/h1-36H. The van der Waals surface area contributed by atoms with E-state index < -0.39 is 8.07 Å². The summed E-state index contributed by atoms with van der Waals surface area (Å²) in [7, 11) is -2.90. The molecule has 0 saturated heterocycles. The molecular formula is C51H36N4Si. The van der Waals surface area contributed by atoms with Crippen molar-refractivity contribution in [3.63, 3.8) is 0 Å². The fourth-order valence-corrected chi connectivity index (χ4v) is 13.0. The summed E-state index contributed by atoms with van der Waals surface area (Å²) in [5.74, 6) is 1.94. The maximum Gasteiger partial charge on any atom is 0.179 e. The van der Waals surface area contributed by atoms with Gasteiger partial charge in [0.2, 0.25) is 0 Å². The molecule has 264 valence electrons. The normalized spacial score (nSPS) is 11.6. The van der Waals surface area contributed by atoms with Crippen molar-refractivity contribution in [3.8, 4) is 39.9 Å². The van der Waals surface area contributed by atoms with Crippen molar-refractivity contribution >= 4 is 50.6 Å². The Kier molecular flexibility index (Phi) is 8.47. The average molecular weight is 733 g/mol. The van der Waals surface area contributed by atoms with Crippen LogP contribution in [0, 0.1) is 0 Å². The second-order valence-electron chi connectivity index (χ2n) is 14.0. The predicted molar refractivity (Wildman–Crippen MR) is 234 cm³/mol. The van der Waals surface area contributed by atoms with Crippen molar-refractivity contribution in [2.75, 3.05) is 0 Å². The van der Waals surface area contributed by atoms with E-state index in [1.807, 2.05) is 60.7 Å². The Morgan fingerprint density at radius 1 is 0.304 bits per heavy atom. The molecule has 0 spiro atoms. The van der Waals surface area contributed by atoms with Crippen LogP contribution in [0.25, 0.3) is 61.7 Å². The molecule has 56 heavy (non-hydrogen) atoms. The summed E-state index contributed by atoms with van der Waals surface area (Å²) in [6.45, 7) is 0. The molecule has 2 aromatic heterocycles. The monoisotopic (exact) mass is 732 g/mol. The zero-order chi connectivity index (χ0) is 37.3. The van der Waals surface area contributed by atoms with Gasteiger partial charge in [0.05, 0.1) is 11.0 Å². The molecule has 0 amide bonds. The highest BCUT2D eigenvalue weighted by atomic mass is 28.3. The summed E-state index contributed by atoms with van der Waals surface area (Å²) in [4.78, 5) is 15.0. The van der Waals surface area contributed by atoms with Gasteiger partial charge in [0.15, 0.2) is 25.5 Å². The number of fused-ring (bicyclic) bond motifs is 3. The molecule has 0 bridgehead atoms. The second kappa shape index (κ2) is 14.2. The van der Waals surface area contributed by atoms with E-state index in [9.17, 15) is 0 Å². The van der Waals surface area contributed by atoms with Crippen LogP contribution in [-0.4, -0.2) is 27.6 Å². The van der Waals surface area contributed by atoms with E-state index in [-0.39, 0.29) is 0 Å². The molecule has 0 unspecified atom stereocenters. The van der Waals surface area contributed by atoms with E-state index in [0.29, 0.717) is 17.5 Å². The molecule has 0 aliphatic carbocycles. The predicted octanol–water partition coefficient (Wildman–Crippen LogP) is 9.35. The van der Waals surface area contributed by atoms with E-state index in [0.717, 1.165) is 22.4 Å². The Morgan fingerprint density at radius 3 is 1.16 bits per heavy atom. The van der Waals surface area contributed by atoms with E-state index >= 15 is 0 Å². The first kappa shape index (κ1) is 33.4. The number of hydrogen-bond acceptors (Lipinski definition) is 3. The van der Waals surface area contributed by atoms with Gasteiger partial charge in [-0.15, -0.1) is 0 Å². The van der Waals surface area contributed by atoms with Crippen molar-refractivity contribution < 1.29 is 0 Å². The Morgan fingerprint density at radius 2 is 0.679 bits per heavy atom. The van der Waals surface area contributed by atoms with Gasteiger partial charge in [0.25, 0.3) is 0 Å². The van der Waals surface area contributed by atoms with Crippen LogP contribution in [0.15, 0.2) is 218 Å². The molecular weight excluding hydrogens is 697 g/mol. The summed E-state index contributed by atoms with van der Waals surface area (Å²) >= 11 is 0. The van der Waals surface area contributed by atoms with Crippen LogP contribution in [-0.2, 0) is 0 Å². The van der Waals surface area contributed by atoms with Gasteiger partial charge in [-0.05, 0) is 45.0 Å². The van der Waals surface area contributed by atoms with Crippen molar-refractivity contribution in [2.45, 2.75) is 0 Å². The fraction of sp³-hybridized carbons (Fsp3) is 0. The molecule has 0 aliphatic rings. The van der Waals surface area contributed by atoms with Gasteiger partial charge in [-0.3, -0.25) is 0 Å². The third-order valence-electron chi connectivity index (χ3n) is 10.8. The number of rotatable bonds is 8. The molecule has 0 N–H and O–H groups in total. The number of aromatic nitrogens is 4. The van der Waals surface area contributed by atoms with E-state index in [1.54, 1.807) is 0 Å². The van der Waals surface area contributed by atoms with Crippen LogP contribution in [0.2, 0.25) is 0 Å². The Labute approximate surface area is 327 Å². The van der Waals surface area contributed by atoms with Gasteiger partial charge in [-0.2, -0.15) is 0 Å². The van der Waals surface area contributed by atoms with Crippen molar-refractivity contribution in [3.05, 3.63) is 218 Å². The number of benzene rings is 8. The average Bonchev–Trinajstić information content (AvgIpc) is 3.63. The molecule has 10 rings (SSSR count). The fourth-order valence-electron chi connectivity index (χ4n) is 8.26. The molecule has 10 aromatic rings. The third kappa shape index (κ3) is 5.73. The first-order valence-corrected chi connectivity index (χ1v) is 21.0. The quantitative estimate of drug-likeness (QED) is 0.116. The second-order valence-corrected chi connectivity index (χ2v) is 17.8. The first-order valence-electron chi connectivity index (χ1n) is 19.0. The highest BCUT2D eigenvalue weighted by molar-refractivity contribution is 7.19. The molecule has 0 radical (unpaired) electrons. The Bertz CT molecular complexity index is 2800. The minimum Gasteiger partial charge on any atom is -0.309 e. The molecule has 4 nitrogen and oxygen atoms in total. The first-order chi connectivity index (χ1) is 27.8. The van der Waals surface area contributed by atoms with Crippen LogP contribution in [0.1, 0.15) is 0 Å². The SMILES string of the molecule is c1ccc(-c2nc(-c3ccccc3)nc(-c3ccc([Si](c4ccccc4)(c4ccccc4)c4cccc(-n5c6ccccc6c6ccccc65)c4)cc3)n2)cc1. The minimum absolute atomic E-state index is 0.643. The summed E-state index contributed by atoms with van der Waals surface area (Å²) in [5, 5.41) is 7.72. The van der Waals surface area contributed by atoms with Gasteiger partial charge in [-0.1, -0.05) is 194 Å². The maximum atomic E-state index is 5.04. The third-order valence-corrected chi connectivity index (χ3v) is 15.6. The topological polar surface area (TPSA) is 43.6 Å². The summed E-state index contributed by atoms with van der Waals surface area (Å²) < 4.78 is 2.42. The van der Waals surface area contributed by atoms with Crippen LogP contribution in [0.4, 0.5) is 0 Å². The van der Waals surface area contributed by atoms with Crippen LogP contribution < -0.4 is 20.7 Å². The molecule has 5 heteroatoms. The largest absolute Gasteiger partial charge is 0.309 e. The number of para-hydroxylation sites is 2. The van der Waals surface area contributed by atoms with E-state index in [2.05, 4.69) is 162 Å². The Hall–Kier alpha value is -7.21. The van der Waals surface area contributed by atoms with E-state index in [1.165, 1.54) is 42.6 Å². The van der Waals surface area contributed by atoms with Crippen molar-refractivity contribution in [2.24, 2.45) is 0 Å². The van der Waals surface area contributed by atoms with E-state index in [4.69, 9.17) is 15.0 Å². The van der Waals surface area contributed by atoms with Gasteiger partial charge in [-0.25, -0.2) is 15.0 Å². The smallest absolute Gasteiger partial charge is 0.179 e. The molecule has 0 aliphatic heterocycles. The highest BCUT2D eigenvalue weighted by Gasteiger charge is 2.41. The maximum absolute atomic E-state index is 5.04. The van der Waals surface area contributed by atoms with Gasteiger partial charge >= 0.3 is 0 Å². The van der Waals surface area contributed by atoms with Gasteiger partial charge < -0.3 is 4.57 Å². The highest BCUT2D eigenvalue weighted by Crippen LogP contribution is 2.32. The zero-order valence-corrected chi connectivity index (χ0v) is 31.6. The Balaban J connectivity index is 1.18. The van der Waals surface area contributed by atoms with Crippen LogP contribution in [0.5, 0.6) is 0 Å². The van der Waals surface area contributed by atoms with Crippen molar-refractivity contribution in [1.29, 1.82) is 0 Å². The van der Waals surface area contributed by atoms with Crippen LogP contribution in [0.3, 0.4) is 0 Å². The number of nitrogens with zero attached hydrogens (tertiary/aromatic N) is 4. The van der Waals surface area contributed by atoms with Gasteiger partial charge in [0.1, 0.15) is 0 Å². The lowest BCUT2D eigenvalue weighted by molar-refractivity contribution is 1.07. The van der Waals surface area contributed by atoms with Crippen molar-refractivity contribution in [1.82, 2.24) is 19.5 Å². The summed E-state index contributed by atoms with van der Waals surface area (Å²) in [5.41, 5.74) is 6.38. The molecule has 0 saturated carbocycles. The molecule has 2 heterocycles. The van der Waals surface area contributed by atoms with Gasteiger partial charge in [0, 0.05) is 33.2 Å². The lowest BCUT2D eigenvalue weighted by Crippen LogP contribution is -2.74. The summed E-state index contributed by atoms with van der Waals surface area (Å²) in [6, 6.07) is 78.1. The minimum atomic E-state index is -2.90. The lowest BCUT2D eigenvalue weighted by atomic mass is 10.1. The summed E-state index contributed by atoms with van der Waals surface area (Å²) in [6.07, 6.45) is 0. The molecule has 0 atom stereocenters. The number of hydrogen-bond donors (Lipinski definition) is 0. The zero-order valence-electron chi connectivity index (χ0n) is 30.6. The molecule has 0 fully saturated rings. The lowest BCUT2D eigenvalue weighted by Gasteiger charge is -2.35.